The lowest BCUT2D eigenvalue weighted by Gasteiger charge is -2.06. The van der Waals surface area contributed by atoms with E-state index in [0.29, 0.717) is 6.54 Å². The number of halogens is 1. The minimum Gasteiger partial charge on any atom is -0.359 e. The average Bonchev–Trinajstić information content (AvgIpc) is 2.64. The maximum Gasteiger partial charge on any atom is 0.238 e. The maximum atomic E-state index is 11.3. The maximum absolute atomic E-state index is 11.3. The van der Waals surface area contributed by atoms with Crippen molar-refractivity contribution in [3.63, 3.8) is 0 Å². The van der Waals surface area contributed by atoms with Gasteiger partial charge in [0.2, 0.25) is 5.91 Å². The molecule has 1 amide bonds. The fourth-order valence-electron chi connectivity index (χ4n) is 1.77. The van der Waals surface area contributed by atoms with Crippen molar-refractivity contribution in [2.75, 3.05) is 0 Å². The van der Waals surface area contributed by atoms with Gasteiger partial charge >= 0.3 is 0 Å². The molecule has 1 aromatic heterocycles. The molecule has 0 saturated carbocycles. The van der Waals surface area contributed by atoms with Crippen molar-refractivity contribution in [3.8, 4) is 0 Å². The summed E-state index contributed by atoms with van der Waals surface area (Å²) in [5.74, 6) is -0.142. The van der Waals surface area contributed by atoms with Gasteiger partial charge in [0.05, 0.1) is 0 Å². The van der Waals surface area contributed by atoms with Crippen molar-refractivity contribution < 1.29 is 4.79 Å². The van der Waals surface area contributed by atoms with Crippen LogP contribution >= 0.6 is 11.6 Å². The van der Waals surface area contributed by atoms with Crippen LogP contribution in [0, 0.1) is 6.92 Å². The third kappa shape index (κ3) is 2.80. The highest BCUT2D eigenvalue weighted by Gasteiger charge is 2.08. The second-order valence-electron chi connectivity index (χ2n) is 4.21. The highest BCUT2D eigenvalue weighted by molar-refractivity contribution is 6.30. The molecule has 0 aliphatic heterocycles. The minimum absolute atomic E-state index is 0.142. The van der Waals surface area contributed by atoms with Crippen LogP contribution in [0.3, 0.4) is 0 Å². The number of aryl methyl sites for hydroxylation is 1. The molecule has 17 heavy (non-hydrogen) atoms. The zero-order valence-corrected chi connectivity index (χ0v) is 10.6. The largest absolute Gasteiger partial charge is 0.359 e. The number of carbonyl (C=O) groups excluding carboxylic acids is 1. The highest BCUT2D eigenvalue weighted by Crippen LogP contribution is 2.16. The summed E-state index contributed by atoms with van der Waals surface area (Å²) in [6, 6.07) is 8.17. The van der Waals surface area contributed by atoms with Gasteiger partial charge in [-0.1, -0.05) is 6.07 Å². The number of benzene rings is 1. The van der Waals surface area contributed by atoms with E-state index in [-0.39, 0.29) is 5.91 Å². The van der Waals surface area contributed by atoms with E-state index in [1.165, 1.54) is 0 Å². The highest BCUT2D eigenvalue weighted by atomic mass is 35.5. The Morgan fingerprint density at radius 3 is 2.94 bits per heavy atom. The Morgan fingerprint density at radius 2 is 2.24 bits per heavy atom. The first-order chi connectivity index (χ1) is 8.06. The Bertz CT molecular complexity index is 545. The van der Waals surface area contributed by atoms with E-state index in [4.69, 9.17) is 11.6 Å². The summed E-state index contributed by atoms with van der Waals surface area (Å²) in [5, 5.41) is 3.46. The Kier molecular flexibility index (Phi) is 3.38. The average molecular weight is 251 g/mol. The smallest absolute Gasteiger partial charge is 0.238 e. The summed E-state index contributed by atoms with van der Waals surface area (Å²) < 4.78 is 0. The monoisotopic (exact) mass is 250 g/mol. The van der Waals surface area contributed by atoms with Crippen LogP contribution < -0.4 is 5.32 Å². The topological polar surface area (TPSA) is 44.9 Å². The summed E-state index contributed by atoms with van der Waals surface area (Å²) >= 11 is 5.68. The summed E-state index contributed by atoms with van der Waals surface area (Å²) in [5.41, 5.74) is 3.32. The van der Waals surface area contributed by atoms with Gasteiger partial charge in [-0.2, -0.15) is 0 Å². The molecule has 1 aromatic carbocycles. The molecule has 0 unspecified atom stereocenters. The number of aromatic nitrogens is 1. The summed E-state index contributed by atoms with van der Waals surface area (Å²) in [6.45, 7) is 4.20. The van der Waals surface area contributed by atoms with Crippen LogP contribution in [0.1, 0.15) is 18.2 Å². The van der Waals surface area contributed by atoms with Gasteiger partial charge in [-0.05, 0) is 43.0 Å². The fraction of sp³-hybridized carbons (Fsp3) is 0.308. The molecular weight excluding hydrogens is 236 g/mol. The van der Waals surface area contributed by atoms with Gasteiger partial charge in [0.15, 0.2) is 0 Å². The van der Waals surface area contributed by atoms with Gasteiger partial charge in [-0.15, -0.1) is 11.6 Å². The van der Waals surface area contributed by atoms with E-state index in [0.717, 1.165) is 22.2 Å². The van der Waals surface area contributed by atoms with E-state index in [9.17, 15) is 4.79 Å². The molecule has 4 heteroatoms. The van der Waals surface area contributed by atoms with Crippen LogP contribution in [0.4, 0.5) is 0 Å². The van der Waals surface area contributed by atoms with Crippen molar-refractivity contribution in [2.45, 2.75) is 25.8 Å². The molecule has 0 radical (unpaired) electrons. The van der Waals surface area contributed by atoms with Crippen molar-refractivity contribution in [1.29, 1.82) is 0 Å². The fourth-order valence-corrected chi connectivity index (χ4v) is 1.84. The Balaban J connectivity index is 2.11. The molecule has 0 spiro atoms. The number of hydrogen-bond donors (Lipinski definition) is 2. The lowest BCUT2D eigenvalue weighted by molar-refractivity contribution is -0.120. The number of carbonyl (C=O) groups is 1. The van der Waals surface area contributed by atoms with Crippen LogP contribution in [0.25, 0.3) is 10.9 Å². The zero-order valence-electron chi connectivity index (χ0n) is 9.88. The van der Waals surface area contributed by atoms with Crippen molar-refractivity contribution in [2.24, 2.45) is 0 Å². The first-order valence-electron chi connectivity index (χ1n) is 5.56. The second-order valence-corrected chi connectivity index (χ2v) is 4.86. The van der Waals surface area contributed by atoms with Crippen molar-refractivity contribution >= 4 is 28.4 Å². The number of H-pyrrole nitrogens is 1. The van der Waals surface area contributed by atoms with Crippen LogP contribution in [-0.4, -0.2) is 16.3 Å². The van der Waals surface area contributed by atoms with Crippen LogP contribution in [0.2, 0.25) is 0 Å². The van der Waals surface area contributed by atoms with Gasteiger partial charge in [-0.25, -0.2) is 0 Å². The molecule has 2 aromatic rings. The van der Waals surface area contributed by atoms with Gasteiger partial charge in [-0.3, -0.25) is 4.79 Å². The molecule has 1 heterocycles. The number of fused-ring (bicyclic) bond motifs is 1. The molecule has 0 saturated heterocycles. The first-order valence-corrected chi connectivity index (χ1v) is 6.00. The first kappa shape index (κ1) is 12.0. The number of aromatic amines is 1. The van der Waals surface area contributed by atoms with Gasteiger partial charge in [0.1, 0.15) is 5.38 Å². The van der Waals surface area contributed by atoms with Gasteiger partial charge in [0, 0.05) is 17.8 Å². The molecule has 2 N–H and O–H groups in total. The van der Waals surface area contributed by atoms with E-state index in [1.54, 1.807) is 6.92 Å². The lowest BCUT2D eigenvalue weighted by atomic mass is 10.1. The van der Waals surface area contributed by atoms with Crippen LogP contribution in [0.5, 0.6) is 0 Å². The number of amides is 1. The predicted octanol–water partition coefficient (Wildman–Crippen LogP) is 2.72. The SMILES string of the molecule is Cc1cc2cc(CNC(=O)[C@@H](C)Cl)ccc2[nH]1. The minimum atomic E-state index is -0.492. The lowest BCUT2D eigenvalue weighted by Crippen LogP contribution is -2.28. The van der Waals surface area contributed by atoms with Crippen molar-refractivity contribution in [3.05, 3.63) is 35.5 Å². The predicted molar refractivity (Wildman–Crippen MR) is 70.2 cm³/mol. The molecular formula is C13H15ClN2O. The molecule has 90 valence electrons. The Hall–Kier alpha value is -1.48. The van der Waals surface area contributed by atoms with Gasteiger partial charge < -0.3 is 10.3 Å². The van der Waals surface area contributed by atoms with Gasteiger partial charge in [0.25, 0.3) is 0 Å². The Labute approximate surface area is 105 Å². The normalized spacial score (nSPS) is 12.6. The number of rotatable bonds is 3. The summed E-state index contributed by atoms with van der Waals surface area (Å²) in [4.78, 5) is 14.6. The molecule has 0 fully saturated rings. The molecule has 1 atom stereocenters. The standard InChI is InChI=1S/C13H15ClN2O/c1-8-5-11-6-10(3-4-12(11)16-8)7-15-13(17)9(2)14/h3-6,9,16H,7H2,1-2H3,(H,15,17)/t9-/m1/s1. The third-order valence-electron chi connectivity index (χ3n) is 2.65. The third-order valence-corrected chi connectivity index (χ3v) is 2.85. The van der Waals surface area contributed by atoms with E-state index >= 15 is 0 Å². The van der Waals surface area contributed by atoms with Crippen molar-refractivity contribution in [1.82, 2.24) is 10.3 Å². The summed E-state index contributed by atoms with van der Waals surface area (Å²) in [6.07, 6.45) is 0. The molecule has 0 bridgehead atoms. The quantitative estimate of drug-likeness (QED) is 0.809. The number of hydrogen-bond acceptors (Lipinski definition) is 1. The molecule has 2 rings (SSSR count). The van der Waals surface area contributed by atoms with Crippen LogP contribution in [-0.2, 0) is 11.3 Å². The van der Waals surface area contributed by atoms with E-state index in [1.807, 2.05) is 19.1 Å². The van der Waals surface area contributed by atoms with Crippen LogP contribution in [0.15, 0.2) is 24.3 Å². The van der Waals surface area contributed by atoms with E-state index < -0.39 is 5.38 Å². The zero-order chi connectivity index (χ0) is 12.4. The molecule has 0 aliphatic rings. The molecule has 0 aliphatic carbocycles. The number of alkyl halides is 1. The van der Waals surface area contributed by atoms with E-state index in [2.05, 4.69) is 22.4 Å². The summed E-state index contributed by atoms with van der Waals surface area (Å²) in [7, 11) is 0. The Morgan fingerprint density at radius 1 is 1.47 bits per heavy atom. The second kappa shape index (κ2) is 4.80. The number of nitrogens with one attached hydrogen (secondary N) is 2. The molecule has 3 nitrogen and oxygen atoms in total.